The molecule has 1 aromatic rings. The Kier molecular flexibility index (Phi) is 4.96. The molecule has 0 bridgehead atoms. The van der Waals surface area contributed by atoms with E-state index in [2.05, 4.69) is 4.90 Å². The first-order valence-corrected chi connectivity index (χ1v) is 6.28. The summed E-state index contributed by atoms with van der Waals surface area (Å²) in [6, 6.07) is 3.95. The zero-order chi connectivity index (χ0) is 13.8. The Morgan fingerprint density at radius 1 is 1.39 bits per heavy atom. The summed E-state index contributed by atoms with van der Waals surface area (Å²) in [4.78, 5) is 13.1. The Balaban J connectivity index is 2.30. The third-order valence-electron chi connectivity index (χ3n) is 3.23. The molecule has 0 radical (unpaired) electrons. The third-order valence-corrected chi connectivity index (χ3v) is 3.23. The first kappa shape index (κ1) is 14.8. The molecule has 0 amide bonds. The van der Waals surface area contributed by atoms with E-state index >= 15 is 0 Å². The molecule has 0 saturated heterocycles. The van der Waals surface area contributed by atoms with E-state index in [0.717, 1.165) is 31.0 Å². The second-order valence-electron chi connectivity index (χ2n) is 5.50. The van der Waals surface area contributed by atoms with Crippen LogP contribution in [-0.4, -0.2) is 36.1 Å². The van der Waals surface area contributed by atoms with E-state index in [1.54, 1.807) is 13.8 Å². The van der Waals surface area contributed by atoms with Crippen LogP contribution in [0.3, 0.4) is 0 Å². The molecule has 102 valence electrons. The highest BCUT2D eigenvalue weighted by Crippen LogP contribution is 2.20. The van der Waals surface area contributed by atoms with Gasteiger partial charge in [0.05, 0.1) is 5.41 Å². The lowest BCUT2D eigenvalue weighted by Crippen LogP contribution is -2.31. The fourth-order valence-corrected chi connectivity index (χ4v) is 1.61. The molecule has 0 aliphatic heterocycles. The maximum atomic E-state index is 11.0. The van der Waals surface area contributed by atoms with E-state index in [1.165, 1.54) is 0 Å². The van der Waals surface area contributed by atoms with Crippen LogP contribution in [0.2, 0.25) is 0 Å². The first-order chi connectivity index (χ1) is 8.31. The van der Waals surface area contributed by atoms with Gasteiger partial charge < -0.3 is 14.4 Å². The average Bonchev–Trinajstić information content (AvgIpc) is 2.69. The molecule has 1 heterocycles. The predicted octanol–water partition coefficient (Wildman–Crippen LogP) is 2.56. The average molecular weight is 253 g/mol. The fraction of sp³-hybridized carbons (Fsp3) is 0.643. The van der Waals surface area contributed by atoms with Crippen molar-refractivity contribution in [3.63, 3.8) is 0 Å². The van der Waals surface area contributed by atoms with Crippen molar-refractivity contribution < 1.29 is 14.3 Å². The molecule has 1 rings (SSSR count). The summed E-state index contributed by atoms with van der Waals surface area (Å²) in [6.07, 6.45) is 1.51. The van der Waals surface area contributed by atoms with Gasteiger partial charge in [0.15, 0.2) is 0 Å². The lowest BCUT2D eigenvalue weighted by atomic mass is 9.89. The van der Waals surface area contributed by atoms with Gasteiger partial charge in [-0.05, 0) is 52.9 Å². The summed E-state index contributed by atoms with van der Waals surface area (Å²) in [5, 5.41) is 9.03. The van der Waals surface area contributed by atoms with Crippen molar-refractivity contribution in [2.75, 3.05) is 20.1 Å². The molecule has 4 heteroatoms. The van der Waals surface area contributed by atoms with Gasteiger partial charge in [-0.25, -0.2) is 0 Å². The highest BCUT2D eigenvalue weighted by atomic mass is 16.4. The number of rotatable bonds is 7. The zero-order valence-corrected chi connectivity index (χ0v) is 11.7. The van der Waals surface area contributed by atoms with Gasteiger partial charge in [0.1, 0.15) is 11.5 Å². The Labute approximate surface area is 109 Å². The number of nitrogens with zero attached hydrogens (tertiary/aromatic N) is 1. The van der Waals surface area contributed by atoms with Crippen molar-refractivity contribution in [2.45, 2.75) is 33.6 Å². The molecule has 0 saturated carbocycles. The number of hydrogen-bond acceptors (Lipinski definition) is 3. The summed E-state index contributed by atoms with van der Waals surface area (Å²) < 4.78 is 5.50. The SMILES string of the molecule is Cc1ccc(CCN(C)CCC(C)(C)C(=O)O)o1. The van der Waals surface area contributed by atoms with Crippen molar-refractivity contribution >= 4 is 5.97 Å². The quantitative estimate of drug-likeness (QED) is 0.811. The van der Waals surface area contributed by atoms with Crippen LogP contribution >= 0.6 is 0 Å². The summed E-state index contributed by atoms with van der Waals surface area (Å²) in [6.45, 7) is 7.11. The number of carbonyl (C=O) groups is 1. The highest BCUT2D eigenvalue weighted by Gasteiger charge is 2.26. The smallest absolute Gasteiger partial charge is 0.309 e. The van der Waals surface area contributed by atoms with Gasteiger partial charge in [-0.1, -0.05) is 0 Å². The third kappa shape index (κ3) is 4.53. The second kappa shape index (κ2) is 6.05. The van der Waals surface area contributed by atoms with Crippen molar-refractivity contribution in [2.24, 2.45) is 5.41 Å². The number of aliphatic carboxylic acids is 1. The topological polar surface area (TPSA) is 53.7 Å². The molecule has 0 atom stereocenters. The van der Waals surface area contributed by atoms with Crippen LogP contribution in [0, 0.1) is 12.3 Å². The molecule has 0 fully saturated rings. The van der Waals surface area contributed by atoms with Crippen LogP contribution in [0.15, 0.2) is 16.5 Å². The van der Waals surface area contributed by atoms with Gasteiger partial charge >= 0.3 is 5.97 Å². The van der Waals surface area contributed by atoms with Gasteiger partial charge in [0.2, 0.25) is 0 Å². The summed E-state index contributed by atoms with van der Waals surface area (Å²) >= 11 is 0. The molecule has 4 nitrogen and oxygen atoms in total. The van der Waals surface area contributed by atoms with Crippen molar-refractivity contribution in [3.05, 3.63) is 23.7 Å². The van der Waals surface area contributed by atoms with E-state index in [0.29, 0.717) is 6.42 Å². The number of carboxylic acids is 1. The fourth-order valence-electron chi connectivity index (χ4n) is 1.61. The van der Waals surface area contributed by atoms with E-state index in [-0.39, 0.29) is 0 Å². The van der Waals surface area contributed by atoms with Crippen LogP contribution in [0.25, 0.3) is 0 Å². The largest absolute Gasteiger partial charge is 0.481 e. The summed E-state index contributed by atoms with van der Waals surface area (Å²) in [5.74, 6) is 1.18. The Morgan fingerprint density at radius 2 is 2.06 bits per heavy atom. The lowest BCUT2D eigenvalue weighted by molar-refractivity contribution is -0.147. The van der Waals surface area contributed by atoms with Crippen LogP contribution in [0.5, 0.6) is 0 Å². The van der Waals surface area contributed by atoms with E-state index in [9.17, 15) is 4.79 Å². The maximum absolute atomic E-state index is 11.0. The van der Waals surface area contributed by atoms with Crippen molar-refractivity contribution in [1.82, 2.24) is 4.90 Å². The molecule has 0 aliphatic carbocycles. The number of furan rings is 1. The number of aryl methyl sites for hydroxylation is 1. The molecular weight excluding hydrogens is 230 g/mol. The van der Waals surface area contributed by atoms with Gasteiger partial charge in [-0.15, -0.1) is 0 Å². The maximum Gasteiger partial charge on any atom is 0.309 e. The normalized spacial score (nSPS) is 12.1. The zero-order valence-electron chi connectivity index (χ0n) is 11.7. The Hall–Kier alpha value is -1.29. The summed E-state index contributed by atoms with van der Waals surface area (Å²) in [7, 11) is 2.01. The number of hydrogen-bond donors (Lipinski definition) is 1. The molecule has 0 aliphatic rings. The van der Waals surface area contributed by atoms with Gasteiger partial charge in [-0.3, -0.25) is 4.79 Å². The Bertz CT molecular complexity index is 395. The minimum atomic E-state index is -0.738. The van der Waals surface area contributed by atoms with Gasteiger partial charge in [0, 0.05) is 13.0 Å². The number of carboxylic acid groups (broad SMARTS) is 1. The minimum absolute atomic E-state index is 0.649. The molecule has 1 N–H and O–H groups in total. The Morgan fingerprint density at radius 3 is 2.56 bits per heavy atom. The monoisotopic (exact) mass is 253 g/mol. The van der Waals surface area contributed by atoms with E-state index in [4.69, 9.17) is 9.52 Å². The highest BCUT2D eigenvalue weighted by molar-refractivity contribution is 5.73. The molecule has 0 aromatic carbocycles. The molecule has 18 heavy (non-hydrogen) atoms. The van der Waals surface area contributed by atoms with Crippen molar-refractivity contribution in [3.8, 4) is 0 Å². The van der Waals surface area contributed by atoms with E-state index < -0.39 is 11.4 Å². The van der Waals surface area contributed by atoms with Crippen molar-refractivity contribution in [1.29, 1.82) is 0 Å². The predicted molar refractivity (Wildman–Crippen MR) is 70.7 cm³/mol. The van der Waals surface area contributed by atoms with Gasteiger partial charge in [0.25, 0.3) is 0 Å². The van der Waals surface area contributed by atoms with Crippen LogP contribution in [0.4, 0.5) is 0 Å². The molecule has 0 spiro atoms. The van der Waals surface area contributed by atoms with Crippen LogP contribution < -0.4 is 0 Å². The van der Waals surface area contributed by atoms with Crippen LogP contribution in [-0.2, 0) is 11.2 Å². The summed E-state index contributed by atoms with van der Waals surface area (Å²) in [5.41, 5.74) is -0.657. The lowest BCUT2D eigenvalue weighted by Gasteiger charge is -2.23. The molecule has 1 aromatic heterocycles. The second-order valence-corrected chi connectivity index (χ2v) is 5.50. The first-order valence-electron chi connectivity index (χ1n) is 6.28. The van der Waals surface area contributed by atoms with E-state index in [1.807, 2.05) is 26.1 Å². The molecular formula is C14H23NO3. The minimum Gasteiger partial charge on any atom is -0.481 e. The number of likely N-dealkylation sites (N-methyl/N-ethyl adjacent to an activating group) is 1. The standard InChI is InChI=1S/C14H23NO3/c1-11-5-6-12(18-11)7-9-15(4)10-8-14(2,3)13(16)17/h5-6H,7-10H2,1-4H3,(H,16,17). The van der Waals surface area contributed by atoms with Crippen LogP contribution in [0.1, 0.15) is 31.8 Å². The van der Waals surface area contributed by atoms with Gasteiger partial charge in [-0.2, -0.15) is 0 Å². The molecule has 0 unspecified atom stereocenters.